The summed E-state index contributed by atoms with van der Waals surface area (Å²) in [5.41, 5.74) is 35.9. The number of hydrogen-bond donors (Lipinski definition) is 11. The fourth-order valence-electron chi connectivity index (χ4n) is 16.0. The summed E-state index contributed by atoms with van der Waals surface area (Å²) in [6, 6.07) is 88.9. The van der Waals surface area contributed by atoms with Crippen LogP contribution in [-0.4, -0.2) is 175 Å². The molecule has 16 N–H and O–H groups in total. The lowest BCUT2D eigenvalue weighted by atomic mass is 9.90. The monoisotopic (exact) mass is 1610 g/mol. The van der Waals surface area contributed by atoms with Crippen LogP contribution in [-0.2, 0) is 20.9 Å². The van der Waals surface area contributed by atoms with Crippen LogP contribution in [0.2, 0.25) is 0 Å². The molecule has 10 aromatic carbocycles. The normalized spacial score (nSPS) is 17.5. The number of nitrogens with zero attached hydrogens (tertiary/aromatic N) is 6. The summed E-state index contributed by atoms with van der Waals surface area (Å²) in [7, 11) is 0. The SMILES string of the molecule is NC(N)=NCCC[C@@H]1N[C@H](CNC(=O)c2ccc3ccccc3n2)CCN(CC(c2ccccc2)c2ccccc2)C1=O.NC(N)=NCCC[C@@H]1N[C@H](CNC(=O)c2ccccc2)CCN(CC(c2ccccc2)c2ccccc2)C1=O.NCCCC[C@@H]1N[C@H](CNC(=O)c2ccc3ccccc3c2)CCN(Cc2cccc3ccccc23)C1=O. The van der Waals surface area contributed by atoms with E-state index in [2.05, 4.69) is 126 Å². The van der Waals surface area contributed by atoms with Gasteiger partial charge in [0, 0.05) is 118 Å². The molecule has 3 aliphatic rings. The van der Waals surface area contributed by atoms with E-state index in [1.165, 1.54) is 21.9 Å². The average Bonchev–Trinajstić information content (AvgIpc) is 1.43. The number of nitrogens with two attached hydrogens (primary N) is 5. The van der Waals surface area contributed by atoms with Crippen LogP contribution in [0.1, 0.15) is 135 Å². The summed E-state index contributed by atoms with van der Waals surface area (Å²) in [6.45, 7) is 6.30. The van der Waals surface area contributed by atoms with Gasteiger partial charge in [-0.25, -0.2) is 4.98 Å². The summed E-state index contributed by atoms with van der Waals surface area (Å²) in [5.74, 6) is -0.0550. The molecule has 0 bridgehead atoms. The van der Waals surface area contributed by atoms with Gasteiger partial charge in [-0.05, 0) is 150 Å². The van der Waals surface area contributed by atoms with Gasteiger partial charge in [0.15, 0.2) is 11.9 Å². The van der Waals surface area contributed by atoms with Crippen LogP contribution in [0, 0.1) is 0 Å². The van der Waals surface area contributed by atoms with Crippen molar-refractivity contribution >= 4 is 79.8 Å². The first-order valence-corrected chi connectivity index (χ1v) is 42.0. The summed E-state index contributed by atoms with van der Waals surface area (Å²) in [6.07, 6.45) is 7.17. The van der Waals surface area contributed by atoms with E-state index >= 15 is 0 Å². The predicted octanol–water partition coefficient (Wildman–Crippen LogP) is 10.9. The van der Waals surface area contributed by atoms with Gasteiger partial charge in [0.05, 0.1) is 23.6 Å². The zero-order valence-electron chi connectivity index (χ0n) is 68.2. The average molecular weight is 1610 g/mol. The van der Waals surface area contributed by atoms with Gasteiger partial charge >= 0.3 is 0 Å². The van der Waals surface area contributed by atoms with Crippen LogP contribution in [0.25, 0.3) is 32.4 Å². The highest BCUT2D eigenvalue weighted by Crippen LogP contribution is 2.31. The molecule has 0 aliphatic carbocycles. The van der Waals surface area contributed by atoms with Crippen LogP contribution in [0.4, 0.5) is 0 Å². The molecule has 14 rings (SSSR count). The molecule has 0 spiro atoms. The molecule has 23 nitrogen and oxygen atoms in total. The molecule has 3 saturated heterocycles. The third kappa shape index (κ3) is 25.2. The van der Waals surface area contributed by atoms with E-state index in [4.69, 9.17) is 28.7 Å². The molecule has 11 aromatic rings. The minimum atomic E-state index is -0.426. The Labute approximate surface area is 703 Å². The number of fused-ring (bicyclic) bond motifs is 3. The van der Waals surface area contributed by atoms with Crippen molar-refractivity contribution in [2.45, 2.75) is 119 Å². The topological polar surface area (TPSA) is 352 Å². The van der Waals surface area contributed by atoms with E-state index in [-0.39, 0.29) is 83.4 Å². The van der Waals surface area contributed by atoms with Gasteiger partial charge in [0.2, 0.25) is 17.7 Å². The Bertz CT molecular complexity index is 5110. The molecule has 23 heteroatoms. The predicted molar refractivity (Wildman–Crippen MR) is 480 cm³/mol. The number of guanidine groups is 2. The Balaban J connectivity index is 0.000000165. The van der Waals surface area contributed by atoms with Crippen molar-refractivity contribution < 1.29 is 28.8 Å². The lowest BCUT2D eigenvalue weighted by Gasteiger charge is -2.29. The Morgan fingerprint density at radius 2 is 0.800 bits per heavy atom. The Hall–Kier alpha value is -12.7. The Kier molecular flexibility index (Phi) is 32.3. The van der Waals surface area contributed by atoms with Crippen molar-refractivity contribution in [2.75, 3.05) is 72.0 Å². The number of carbonyl (C=O) groups excluding carboxylic acids is 6. The van der Waals surface area contributed by atoms with Crippen LogP contribution >= 0.6 is 0 Å². The van der Waals surface area contributed by atoms with Crippen LogP contribution < -0.4 is 60.6 Å². The van der Waals surface area contributed by atoms with E-state index < -0.39 is 12.1 Å². The van der Waals surface area contributed by atoms with Gasteiger partial charge < -0.3 is 75.3 Å². The van der Waals surface area contributed by atoms with E-state index in [9.17, 15) is 28.8 Å². The summed E-state index contributed by atoms with van der Waals surface area (Å²) in [5, 5.41) is 25.3. The number of pyridine rings is 1. The number of carbonyl (C=O) groups is 6. The number of rotatable bonds is 31. The lowest BCUT2D eigenvalue weighted by molar-refractivity contribution is -0.134. The van der Waals surface area contributed by atoms with Gasteiger partial charge in [0.25, 0.3) is 17.7 Å². The molecular weight excluding hydrogens is 1500 g/mol. The highest BCUT2D eigenvalue weighted by atomic mass is 16.2. The Morgan fingerprint density at radius 1 is 0.400 bits per heavy atom. The van der Waals surface area contributed by atoms with Crippen molar-refractivity contribution in [3.05, 3.63) is 318 Å². The highest BCUT2D eigenvalue weighted by Gasteiger charge is 2.36. The number of para-hydroxylation sites is 1. The van der Waals surface area contributed by atoms with Crippen molar-refractivity contribution in [1.29, 1.82) is 0 Å². The molecule has 6 amide bonds. The second-order valence-electron chi connectivity index (χ2n) is 31.0. The molecular formula is C97H113N17O6. The molecule has 3 fully saturated rings. The van der Waals surface area contributed by atoms with Crippen molar-refractivity contribution in [3.8, 4) is 0 Å². The zero-order chi connectivity index (χ0) is 83.8. The summed E-state index contributed by atoms with van der Waals surface area (Å²) < 4.78 is 0. The van der Waals surface area contributed by atoms with Gasteiger partial charge in [-0.15, -0.1) is 0 Å². The van der Waals surface area contributed by atoms with Crippen molar-refractivity contribution in [3.63, 3.8) is 0 Å². The third-order valence-corrected chi connectivity index (χ3v) is 22.5. The fraction of sp³-hybridized carbons (Fsp3) is 0.309. The van der Waals surface area contributed by atoms with Crippen molar-refractivity contribution in [1.82, 2.24) is 51.6 Å². The maximum Gasteiger partial charge on any atom is 0.269 e. The molecule has 6 atom stereocenters. The summed E-state index contributed by atoms with van der Waals surface area (Å²) in [4.78, 5) is 98.8. The fourth-order valence-corrected chi connectivity index (χ4v) is 16.0. The standard InChI is InChI=1S/C34H39N7O2.C32H36N4O2.C31H38N6O2/c35-34(36)37-20-9-16-31-33(43)41(23-28(24-10-3-1-4-11-24)25-12-5-2-6-13-25)21-19-27(39-31)22-38-32(42)30-18-17-26-14-7-8-15-29(26)40-30;33-18-6-5-14-30-32(38)36(22-27-12-7-11-24-9-3-4-13-29(24)27)19-17-28(35-30)21-34-31(37)26-16-15-23-8-1-2-10-25(23)20-26;32-31(33)34-19-10-17-28-30(39)37(20-18-26(36-28)21-35-29(38)25-15-8-3-9-16-25)22-27(23-11-4-1-5-12-23)24-13-6-2-7-14-24/h1-8,10-15,17-18,27-28,31,39H,9,16,19-23H2,(H,38,42)(H4,35,36,37);1-4,7-13,15-16,20,28,30,35H,5-6,14,17-19,21-22,33H2,(H,34,37);1-9,11-16,26-28,36H,10,17-22H2,(H,35,38)(H4,32,33,34)/t27-,31-;28-,30-;26-,28-/m000/s1. The van der Waals surface area contributed by atoms with Gasteiger partial charge in [-0.3, -0.25) is 38.8 Å². The second-order valence-corrected chi connectivity index (χ2v) is 31.0. The second kappa shape index (κ2) is 44.8. The number of nitrogens with one attached hydrogen (secondary N) is 6. The maximum absolute atomic E-state index is 14.0. The van der Waals surface area contributed by atoms with Gasteiger partial charge in [0.1, 0.15) is 5.69 Å². The molecule has 0 radical (unpaired) electrons. The number of unbranched alkanes of at least 4 members (excludes halogenated alkanes) is 1. The maximum atomic E-state index is 14.0. The molecule has 622 valence electrons. The van der Waals surface area contributed by atoms with Crippen molar-refractivity contribution in [2.24, 2.45) is 38.7 Å². The number of aliphatic imine (C=N–C) groups is 2. The number of aromatic nitrogens is 1. The number of benzene rings is 10. The molecule has 3 aliphatic heterocycles. The van der Waals surface area contributed by atoms with Gasteiger partial charge in [-0.1, -0.05) is 243 Å². The minimum absolute atomic E-state index is 0.00347. The van der Waals surface area contributed by atoms with Gasteiger partial charge in [-0.2, -0.15) is 0 Å². The summed E-state index contributed by atoms with van der Waals surface area (Å²) >= 11 is 0. The Morgan fingerprint density at radius 3 is 1.30 bits per heavy atom. The van der Waals surface area contributed by atoms with E-state index in [0.717, 1.165) is 70.5 Å². The largest absolute Gasteiger partial charge is 0.370 e. The molecule has 0 saturated carbocycles. The lowest BCUT2D eigenvalue weighted by Crippen LogP contribution is -2.49. The number of amides is 6. The number of hydrogen-bond acceptors (Lipinski definition) is 13. The smallest absolute Gasteiger partial charge is 0.269 e. The molecule has 4 heterocycles. The highest BCUT2D eigenvalue weighted by molar-refractivity contribution is 5.99. The van der Waals surface area contributed by atoms with E-state index in [1.807, 2.05) is 191 Å². The molecule has 120 heavy (non-hydrogen) atoms. The minimum Gasteiger partial charge on any atom is -0.370 e. The molecule has 0 unspecified atom stereocenters. The van der Waals surface area contributed by atoms with Crippen LogP contribution in [0.5, 0.6) is 0 Å². The first-order valence-electron chi connectivity index (χ1n) is 42.0. The van der Waals surface area contributed by atoms with Crippen LogP contribution in [0.15, 0.2) is 283 Å². The quantitative estimate of drug-likeness (QED) is 0.0109. The van der Waals surface area contributed by atoms with E-state index in [1.54, 1.807) is 18.2 Å². The zero-order valence-corrected chi connectivity index (χ0v) is 68.2. The first-order chi connectivity index (χ1) is 58.6. The van der Waals surface area contributed by atoms with Crippen LogP contribution in [0.3, 0.4) is 0 Å². The molecule has 1 aromatic heterocycles. The first kappa shape index (κ1) is 86.7. The third-order valence-electron chi connectivity index (χ3n) is 22.5. The van der Waals surface area contributed by atoms with E-state index in [0.29, 0.717) is 127 Å².